The second kappa shape index (κ2) is 6.57. The minimum atomic E-state index is 0. The van der Waals surface area contributed by atoms with Crippen molar-refractivity contribution in [3.63, 3.8) is 0 Å². The molecule has 1 aliphatic heterocycles. The standard InChI is InChI=1S/C15H22N4.ClH/c1-2-19-15-6-4-3-5-13(15)14(17-19)11-18-8-7-12(9-16)10-18;/h3-6,12H,2,7-11,16H2,1H3;1H. The van der Waals surface area contributed by atoms with Gasteiger partial charge in [-0.2, -0.15) is 5.10 Å². The molecule has 110 valence electrons. The van der Waals surface area contributed by atoms with E-state index < -0.39 is 0 Å². The summed E-state index contributed by atoms with van der Waals surface area (Å²) in [6.07, 6.45) is 1.23. The third-order valence-corrected chi connectivity index (χ3v) is 4.11. The summed E-state index contributed by atoms with van der Waals surface area (Å²) in [5.41, 5.74) is 8.21. The molecule has 1 saturated heterocycles. The monoisotopic (exact) mass is 294 g/mol. The lowest BCUT2D eigenvalue weighted by molar-refractivity contribution is 0.313. The molecule has 1 unspecified atom stereocenters. The van der Waals surface area contributed by atoms with Gasteiger partial charge in [0.05, 0.1) is 11.2 Å². The van der Waals surface area contributed by atoms with Crippen molar-refractivity contribution in [3.8, 4) is 0 Å². The van der Waals surface area contributed by atoms with Gasteiger partial charge in [0, 0.05) is 25.0 Å². The van der Waals surface area contributed by atoms with Gasteiger partial charge in [0.1, 0.15) is 0 Å². The Morgan fingerprint density at radius 1 is 1.35 bits per heavy atom. The van der Waals surface area contributed by atoms with E-state index in [9.17, 15) is 0 Å². The molecule has 2 aromatic rings. The minimum Gasteiger partial charge on any atom is -0.330 e. The quantitative estimate of drug-likeness (QED) is 0.941. The Labute approximate surface area is 126 Å². The van der Waals surface area contributed by atoms with Crippen molar-refractivity contribution in [3.05, 3.63) is 30.0 Å². The van der Waals surface area contributed by atoms with E-state index >= 15 is 0 Å². The summed E-state index contributed by atoms with van der Waals surface area (Å²) in [5.74, 6) is 0.666. The van der Waals surface area contributed by atoms with Gasteiger partial charge < -0.3 is 5.73 Å². The van der Waals surface area contributed by atoms with Crippen LogP contribution < -0.4 is 5.73 Å². The van der Waals surface area contributed by atoms with Crippen LogP contribution in [0.1, 0.15) is 19.0 Å². The fourth-order valence-electron chi connectivity index (χ4n) is 3.01. The molecule has 2 heterocycles. The molecule has 0 saturated carbocycles. The van der Waals surface area contributed by atoms with Crippen LogP contribution in [0.3, 0.4) is 0 Å². The van der Waals surface area contributed by atoms with E-state index in [4.69, 9.17) is 10.8 Å². The Morgan fingerprint density at radius 2 is 2.15 bits per heavy atom. The second-order valence-corrected chi connectivity index (χ2v) is 5.41. The molecule has 1 aromatic heterocycles. The first-order valence-electron chi connectivity index (χ1n) is 7.18. The van der Waals surface area contributed by atoms with E-state index in [1.54, 1.807) is 0 Å². The number of aromatic nitrogens is 2. The van der Waals surface area contributed by atoms with Crippen LogP contribution in [0.25, 0.3) is 10.9 Å². The zero-order valence-corrected chi connectivity index (χ0v) is 12.8. The van der Waals surface area contributed by atoms with E-state index in [0.29, 0.717) is 5.92 Å². The summed E-state index contributed by atoms with van der Waals surface area (Å²) in [6, 6.07) is 8.52. The zero-order chi connectivity index (χ0) is 13.2. The number of benzene rings is 1. The van der Waals surface area contributed by atoms with Gasteiger partial charge in [-0.3, -0.25) is 9.58 Å². The van der Waals surface area contributed by atoms with Crippen molar-refractivity contribution in [2.24, 2.45) is 11.7 Å². The molecule has 4 nitrogen and oxygen atoms in total. The summed E-state index contributed by atoms with van der Waals surface area (Å²) < 4.78 is 2.10. The highest BCUT2D eigenvalue weighted by atomic mass is 35.5. The normalized spacial score (nSPS) is 19.4. The predicted molar refractivity (Wildman–Crippen MR) is 85.1 cm³/mol. The molecule has 1 aliphatic rings. The average molecular weight is 295 g/mol. The van der Waals surface area contributed by atoms with E-state index in [0.717, 1.165) is 32.7 Å². The number of hydrogen-bond acceptors (Lipinski definition) is 3. The number of nitrogens with two attached hydrogens (primary N) is 1. The fraction of sp³-hybridized carbons (Fsp3) is 0.533. The molecule has 5 heteroatoms. The molecular weight excluding hydrogens is 272 g/mol. The molecule has 0 radical (unpaired) electrons. The lowest BCUT2D eigenvalue weighted by Gasteiger charge is -2.14. The highest BCUT2D eigenvalue weighted by Gasteiger charge is 2.22. The summed E-state index contributed by atoms with van der Waals surface area (Å²) in [5, 5.41) is 6.06. The molecule has 0 amide bonds. The van der Waals surface area contributed by atoms with Gasteiger partial charge in [-0.15, -0.1) is 12.4 Å². The molecule has 1 atom stereocenters. The van der Waals surface area contributed by atoms with E-state index in [1.165, 1.54) is 23.0 Å². The van der Waals surface area contributed by atoms with Crippen LogP contribution >= 0.6 is 12.4 Å². The average Bonchev–Trinajstić information content (AvgIpc) is 3.04. The lowest BCUT2D eigenvalue weighted by Crippen LogP contribution is -2.23. The maximum atomic E-state index is 5.76. The van der Waals surface area contributed by atoms with Crippen molar-refractivity contribution in [2.75, 3.05) is 19.6 Å². The molecule has 3 rings (SSSR count). The summed E-state index contributed by atoms with van der Waals surface area (Å²) >= 11 is 0. The van der Waals surface area contributed by atoms with Gasteiger partial charge in [-0.25, -0.2) is 0 Å². The molecule has 20 heavy (non-hydrogen) atoms. The largest absolute Gasteiger partial charge is 0.330 e. The summed E-state index contributed by atoms with van der Waals surface area (Å²) in [4.78, 5) is 2.48. The SMILES string of the molecule is CCn1nc(CN2CCC(CN)C2)c2ccccc21.Cl. The maximum absolute atomic E-state index is 5.76. The van der Waals surface area contributed by atoms with E-state index in [-0.39, 0.29) is 12.4 Å². The fourth-order valence-corrected chi connectivity index (χ4v) is 3.01. The first-order chi connectivity index (χ1) is 9.31. The van der Waals surface area contributed by atoms with Crippen LogP contribution in [0.5, 0.6) is 0 Å². The number of likely N-dealkylation sites (tertiary alicyclic amines) is 1. The first-order valence-corrected chi connectivity index (χ1v) is 7.18. The number of para-hydroxylation sites is 1. The topological polar surface area (TPSA) is 47.1 Å². The number of fused-ring (bicyclic) bond motifs is 1. The predicted octanol–water partition coefficient (Wildman–Crippen LogP) is 2.26. The van der Waals surface area contributed by atoms with Crippen LogP contribution in [-0.2, 0) is 13.1 Å². The second-order valence-electron chi connectivity index (χ2n) is 5.41. The Hall–Kier alpha value is -1.10. The van der Waals surface area contributed by atoms with Gasteiger partial charge >= 0.3 is 0 Å². The van der Waals surface area contributed by atoms with Crippen LogP contribution in [-0.4, -0.2) is 34.3 Å². The Morgan fingerprint density at radius 3 is 2.85 bits per heavy atom. The third kappa shape index (κ3) is 2.82. The van der Waals surface area contributed by atoms with Crippen LogP contribution in [0, 0.1) is 5.92 Å². The Bertz CT molecular complexity index is 566. The third-order valence-electron chi connectivity index (χ3n) is 4.11. The first kappa shape index (κ1) is 15.3. The molecule has 1 aromatic carbocycles. The van der Waals surface area contributed by atoms with Crippen molar-refractivity contribution in [1.82, 2.24) is 14.7 Å². The Balaban J connectivity index is 0.00000147. The van der Waals surface area contributed by atoms with Crippen LogP contribution in [0.4, 0.5) is 0 Å². The molecule has 1 fully saturated rings. The van der Waals surface area contributed by atoms with Gasteiger partial charge in [0.2, 0.25) is 0 Å². The molecule has 0 bridgehead atoms. The van der Waals surface area contributed by atoms with E-state index in [2.05, 4.69) is 40.8 Å². The van der Waals surface area contributed by atoms with E-state index in [1.807, 2.05) is 0 Å². The number of halogens is 1. The van der Waals surface area contributed by atoms with Crippen LogP contribution in [0.2, 0.25) is 0 Å². The smallest absolute Gasteiger partial charge is 0.0843 e. The number of rotatable bonds is 4. The summed E-state index contributed by atoms with van der Waals surface area (Å²) in [7, 11) is 0. The highest BCUT2D eigenvalue weighted by molar-refractivity contribution is 5.85. The number of hydrogen-bond donors (Lipinski definition) is 1. The summed E-state index contributed by atoms with van der Waals surface area (Å²) in [6.45, 7) is 7.08. The molecule has 0 aliphatic carbocycles. The van der Waals surface area contributed by atoms with Gasteiger partial charge in [-0.05, 0) is 38.4 Å². The lowest BCUT2D eigenvalue weighted by atomic mass is 10.1. The van der Waals surface area contributed by atoms with Crippen molar-refractivity contribution < 1.29 is 0 Å². The molecule has 2 N–H and O–H groups in total. The highest BCUT2D eigenvalue weighted by Crippen LogP contribution is 2.22. The number of aryl methyl sites for hydroxylation is 1. The van der Waals surface area contributed by atoms with Crippen molar-refractivity contribution in [1.29, 1.82) is 0 Å². The van der Waals surface area contributed by atoms with Crippen molar-refractivity contribution >= 4 is 23.3 Å². The zero-order valence-electron chi connectivity index (χ0n) is 12.0. The van der Waals surface area contributed by atoms with Gasteiger partial charge in [-0.1, -0.05) is 18.2 Å². The maximum Gasteiger partial charge on any atom is 0.0843 e. The molecule has 0 spiro atoms. The minimum absolute atomic E-state index is 0. The van der Waals surface area contributed by atoms with Crippen molar-refractivity contribution in [2.45, 2.75) is 26.4 Å². The van der Waals surface area contributed by atoms with Crippen LogP contribution in [0.15, 0.2) is 24.3 Å². The number of nitrogens with zero attached hydrogens (tertiary/aromatic N) is 3. The Kier molecular flexibility index (Phi) is 5.02. The van der Waals surface area contributed by atoms with Gasteiger partial charge in [0.15, 0.2) is 0 Å². The molecular formula is C15H23ClN4. The van der Waals surface area contributed by atoms with Gasteiger partial charge in [0.25, 0.3) is 0 Å².